The summed E-state index contributed by atoms with van der Waals surface area (Å²) in [5.41, 5.74) is 6.76. The van der Waals surface area contributed by atoms with Crippen molar-refractivity contribution in [1.29, 1.82) is 0 Å². The van der Waals surface area contributed by atoms with Gasteiger partial charge < -0.3 is 10.6 Å². The van der Waals surface area contributed by atoms with Crippen LogP contribution in [0, 0.1) is 5.82 Å². The van der Waals surface area contributed by atoms with Crippen molar-refractivity contribution < 1.29 is 9.18 Å². The van der Waals surface area contributed by atoms with Crippen LogP contribution in [0.2, 0.25) is 0 Å². The Labute approximate surface area is 127 Å². The molecule has 6 nitrogen and oxygen atoms in total. The first-order valence-corrected chi connectivity index (χ1v) is 7.33. The molecule has 22 heavy (non-hydrogen) atoms. The molecule has 0 saturated carbocycles. The molecule has 2 heterocycles. The third-order valence-electron chi connectivity index (χ3n) is 3.90. The molecule has 0 spiro atoms. The third kappa shape index (κ3) is 2.99. The molecule has 1 aliphatic heterocycles. The smallest absolute Gasteiger partial charge is 0.276 e. The zero-order chi connectivity index (χ0) is 15.5. The Morgan fingerprint density at radius 2 is 2.32 bits per heavy atom. The average molecular weight is 303 g/mol. The summed E-state index contributed by atoms with van der Waals surface area (Å²) in [7, 11) is 0. The Balaban J connectivity index is 1.72. The minimum absolute atomic E-state index is 0.0841. The van der Waals surface area contributed by atoms with Crippen LogP contribution in [-0.4, -0.2) is 44.9 Å². The van der Waals surface area contributed by atoms with Crippen molar-refractivity contribution in [2.45, 2.75) is 25.4 Å². The van der Waals surface area contributed by atoms with Gasteiger partial charge in [0.25, 0.3) is 5.91 Å². The largest absolute Gasteiger partial charge is 0.333 e. The van der Waals surface area contributed by atoms with Crippen LogP contribution in [0.15, 0.2) is 30.5 Å². The molecule has 1 atom stereocenters. The van der Waals surface area contributed by atoms with E-state index in [1.54, 1.807) is 23.2 Å². The van der Waals surface area contributed by atoms with Gasteiger partial charge in [0.1, 0.15) is 5.82 Å². The van der Waals surface area contributed by atoms with Gasteiger partial charge in [-0.15, -0.1) is 5.10 Å². The quantitative estimate of drug-likeness (QED) is 0.915. The summed E-state index contributed by atoms with van der Waals surface area (Å²) in [6.07, 6.45) is 3.49. The molecular formula is C15H18FN5O. The Morgan fingerprint density at radius 1 is 1.45 bits per heavy atom. The van der Waals surface area contributed by atoms with Crippen molar-refractivity contribution in [2.24, 2.45) is 5.73 Å². The first-order valence-electron chi connectivity index (χ1n) is 7.33. The highest BCUT2D eigenvalue weighted by molar-refractivity contribution is 5.92. The van der Waals surface area contributed by atoms with E-state index in [1.807, 2.05) is 0 Å². The standard InChI is InChI=1S/C15H18FN5O/c16-12-4-1-3-11(7-12)9-20-10-14(18-19-20)15(22)21-6-2-5-13(21)8-17/h1,3-4,7,10,13H,2,5-6,8-9,17H2. The molecule has 1 saturated heterocycles. The van der Waals surface area contributed by atoms with Crippen LogP contribution in [0.1, 0.15) is 28.9 Å². The maximum absolute atomic E-state index is 13.2. The number of aromatic nitrogens is 3. The number of nitrogens with two attached hydrogens (primary N) is 1. The Kier molecular flexibility index (Phi) is 4.15. The Morgan fingerprint density at radius 3 is 3.09 bits per heavy atom. The monoisotopic (exact) mass is 303 g/mol. The molecule has 1 aromatic carbocycles. The molecule has 1 fully saturated rings. The number of amides is 1. The van der Waals surface area contributed by atoms with Crippen molar-refractivity contribution >= 4 is 5.91 Å². The molecule has 7 heteroatoms. The van der Waals surface area contributed by atoms with Gasteiger partial charge in [0.2, 0.25) is 0 Å². The van der Waals surface area contributed by atoms with Gasteiger partial charge in [-0.3, -0.25) is 4.79 Å². The molecule has 1 aliphatic rings. The maximum atomic E-state index is 13.2. The van der Waals surface area contributed by atoms with Crippen molar-refractivity contribution in [3.05, 3.63) is 47.5 Å². The summed E-state index contributed by atoms with van der Waals surface area (Å²) < 4.78 is 14.7. The van der Waals surface area contributed by atoms with Crippen LogP contribution >= 0.6 is 0 Å². The zero-order valence-electron chi connectivity index (χ0n) is 12.2. The van der Waals surface area contributed by atoms with E-state index in [1.165, 1.54) is 16.8 Å². The van der Waals surface area contributed by atoms with Crippen LogP contribution in [0.4, 0.5) is 4.39 Å². The van der Waals surface area contributed by atoms with Crippen molar-refractivity contribution in [2.75, 3.05) is 13.1 Å². The zero-order valence-corrected chi connectivity index (χ0v) is 12.2. The van der Waals surface area contributed by atoms with E-state index in [0.717, 1.165) is 18.4 Å². The Hall–Kier alpha value is -2.28. The first kappa shape index (κ1) is 14.6. The number of carbonyl (C=O) groups excluding carboxylic acids is 1. The van der Waals surface area contributed by atoms with Gasteiger partial charge in [-0.25, -0.2) is 9.07 Å². The molecule has 1 aromatic heterocycles. The molecule has 3 rings (SSSR count). The first-order chi connectivity index (χ1) is 10.7. The maximum Gasteiger partial charge on any atom is 0.276 e. The second kappa shape index (κ2) is 6.23. The van der Waals surface area contributed by atoms with Crippen LogP contribution in [0.5, 0.6) is 0 Å². The molecule has 0 radical (unpaired) electrons. The molecule has 116 valence electrons. The van der Waals surface area contributed by atoms with Crippen LogP contribution < -0.4 is 5.73 Å². The highest BCUT2D eigenvalue weighted by Gasteiger charge is 2.29. The van der Waals surface area contributed by atoms with Gasteiger partial charge in [-0.2, -0.15) is 0 Å². The number of nitrogens with zero attached hydrogens (tertiary/aromatic N) is 4. The van der Waals surface area contributed by atoms with E-state index in [2.05, 4.69) is 10.3 Å². The van der Waals surface area contributed by atoms with Gasteiger partial charge in [0.05, 0.1) is 12.7 Å². The fraction of sp³-hybridized carbons (Fsp3) is 0.400. The molecule has 0 bridgehead atoms. The van der Waals surface area contributed by atoms with E-state index < -0.39 is 0 Å². The predicted molar refractivity (Wildman–Crippen MR) is 78.6 cm³/mol. The van der Waals surface area contributed by atoms with Crippen molar-refractivity contribution in [1.82, 2.24) is 19.9 Å². The number of benzene rings is 1. The summed E-state index contributed by atoms with van der Waals surface area (Å²) in [6, 6.07) is 6.36. The molecule has 2 N–H and O–H groups in total. The van der Waals surface area contributed by atoms with Gasteiger partial charge in [0.15, 0.2) is 5.69 Å². The molecule has 1 unspecified atom stereocenters. The van der Waals surface area contributed by atoms with Gasteiger partial charge >= 0.3 is 0 Å². The normalized spacial score (nSPS) is 17.9. The topological polar surface area (TPSA) is 77.0 Å². The lowest BCUT2D eigenvalue weighted by Gasteiger charge is -2.22. The van der Waals surface area contributed by atoms with Crippen molar-refractivity contribution in [3.8, 4) is 0 Å². The highest BCUT2D eigenvalue weighted by Crippen LogP contribution is 2.18. The SMILES string of the molecule is NCC1CCCN1C(=O)c1cn(Cc2cccc(F)c2)nn1. The summed E-state index contributed by atoms with van der Waals surface area (Å²) in [4.78, 5) is 14.2. The number of likely N-dealkylation sites (tertiary alicyclic amines) is 1. The molecular weight excluding hydrogens is 285 g/mol. The van der Waals surface area contributed by atoms with Gasteiger partial charge in [0, 0.05) is 19.1 Å². The lowest BCUT2D eigenvalue weighted by atomic mass is 10.2. The molecule has 1 amide bonds. The summed E-state index contributed by atoms with van der Waals surface area (Å²) in [5.74, 6) is -0.435. The number of hydrogen-bond acceptors (Lipinski definition) is 4. The number of carbonyl (C=O) groups is 1. The highest BCUT2D eigenvalue weighted by atomic mass is 19.1. The lowest BCUT2D eigenvalue weighted by Crippen LogP contribution is -2.40. The second-order valence-corrected chi connectivity index (χ2v) is 5.46. The lowest BCUT2D eigenvalue weighted by molar-refractivity contribution is 0.0735. The predicted octanol–water partition coefficient (Wildman–Crippen LogP) is 1.03. The van der Waals surface area contributed by atoms with E-state index in [-0.39, 0.29) is 17.8 Å². The van der Waals surface area contributed by atoms with Crippen LogP contribution in [-0.2, 0) is 6.54 Å². The Bertz CT molecular complexity index is 671. The minimum atomic E-state index is -0.295. The van der Waals surface area contributed by atoms with E-state index >= 15 is 0 Å². The summed E-state index contributed by atoms with van der Waals surface area (Å²) >= 11 is 0. The summed E-state index contributed by atoms with van der Waals surface area (Å²) in [5, 5.41) is 7.89. The number of rotatable bonds is 4. The van der Waals surface area contributed by atoms with Crippen LogP contribution in [0.3, 0.4) is 0 Å². The number of halogens is 1. The van der Waals surface area contributed by atoms with Crippen LogP contribution in [0.25, 0.3) is 0 Å². The average Bonchev–Trinajstić information content (AvgIpc) is 3.15. The third-order valence-corrected chi connectivity index (χ3v) is 3.90. The van der Waals surface area contributed by atoms with Crippen molar-refractivity contribution in [3.63, 3.8) is 0 Å². The molecule has 2 aromatic rings. The fourth-order valence-corrected chi connectivity index (χ4v) is 2.79. The van der Waals surface area contributed by atoms with Gasteiger partial charge in [-0.05, 0) is 30.5 Å². The summed E-state index contributed by atoms with van der Waals surface area (Å²) in [6.45, 7) is 1.54. The second-order valence-electron chi connectivity index (χ2n) is 5.46. The van der Waals surface area contributed by atoms with E-state index in [4.69, 9.17) is 5.73 Å². The van der Waals surface area contributed by atoms with Gasteiger partial charge in [-0.1, -0.05) is 17.3 Å². The number of hydrogen-bond donors (Lipinski definition) is 1. The minimum Gasteiger partial charge on any atom is -0.333 e. The molecule has 0 aliphatic carbocycles. The fourth-order valence-electron chi connectivity index (χ4n) is 2.79. The van der Waals surface area contributed by atoms with E-state index in [9.17, 15) is 9.18 Å². The van der Waals surface area contributed by atoms with E-state index in [0.29, 0.717) is 25.3 Å².